The monoisotopic (exact) mass is 384 g/mol. The van der Waals surface area contributed by atoms with Crippen molar-refractivity contribution in [1.82, 2.24) is 4.90 Å². The second kappa shape index (κ2) is 6.22. The van der Waals surface area contributed by atoms with Gasteiger partial charge < -0.3 is 10.2 Å². The van der Waals surface area contributed by atoms with E-state index in [2.05, 4.69) is 70.9 Å². The van der Waals surface area contributed by atoms with Crippen molar-refractivity contribution in [2.24, 2.45) is 11.8 Å². The molecule has 2 fully saturated rings. The Bertz CT molecular complexity index is 446. The molecule has 1 aliphatic carbocycles. The van der Waals surface area contributed by atoms with Crippen molar-refractivity contribution in [3.63, 3.8) is 0 Å². The van der Waals surface area contributed by atoms with Crippen molar-refractivity contribution in [1.29, 1.82) is 0 Å². The Morgan fingerprint density at radius 1 is 1.15 bits per heavy atom. The molecule has 2 atom stereocenters. The van der Waals surface area contributed by atoms with E-state index in [1.165, 1.54) is 41.6 Å². The second-order valence-electron chi connectivity index (χ2n) is 6.65. The van der Waals surface area contributed by atoms with Gasteiger partial charge in [0.15, 0.2) is 0 Å². The van der Waals surface area contributed by atoms with Crippen molar-refractivity contribution in [3.05, 3.63) is 27.8 Å². The number of hydrogen-bond donors (Lipinski definition) is 1. The third-order valence-electron chi connectivity index (χ3n) is 5.03. The molecule has 2 nitrogen and oxygen atoms in total. The Labute approximate surface area is 136 Å². The van der Waals surface area contributed by atoms with Gasteiger partial charge in [0.25, 0.3) is 0 Å². The Morgan fingerprint density at radius 3 is 2.40 bits per heavy atom. The third kappa shape index (κ3) is 2.98. The summed E-state index contributed by atoms with van der Waals surface area (Å²) in [5, 5.41) is 3.88. The molecule has 3 heteroatoms. The molecule has 20 heavy (non-hydrogen) atoms. The number of piperidine rings is 1. The second-order valence-corrected chi connectivity index (χ2v) is 7.81. The molecule has 0 amide bonds. The van der Waals surface area contributed by atoms with Crippen LogP contribution in [-0.4, -0.2) is 30.1 Å². The zero-order valence-electron chi connectivity index (χ0n) is 12.5. The lowest BCUT2D eigenvalue weighted by molar-refractivity contribution is 0.0518. The molecule has 0 aromatic heterocycles. The minimum absolute atomic E-state index is 0.676. The Hall–Kier alpha value is -0.290. The van der Waals surface area contributed by atoms with E-state index in [4.69, 9.17) is 0 Å². The Balaban J connectivity index is 1.75. The summed E-state index contributed by atoms with van der Waals surface area (Å²) in [4.78, 5) is 2.68. The van der Waals surface area contributed by atoms with Crippen LogP contribution in [0.3, 0.4) is 0 Å². The predicted molar refractivity (Wildman–Crippen MR) is 94.1 cm³/mol. The van der Waals surface area contributed by atoms with Gasteiger partial charge in [-0.2, -0.15) is 0 Å². The van der Waals surface area contributed by atoms with Crippen molar-refractivity contribution < 1.29 is 0 Å². The lowest BCUT2D eigenvalue weighted by Crippen LogP contribution is -2.56. The van der Waals surface area contributed by atoms with Gasteiger partial charge in [-0.15, -0.1) is 0 Å². The number of hydrogen-bond acceptors (Lipinski definition) is 2. The summed E-state index contributed by atoms with van der Waals surface area (Å²) < 4.78 is 1.34. The Kier molecular flexibility index (Phi) is 4.55. The molecule has 1 saturated heterocycles. The number of nitrogens with zero attached hydrogens (tertiary/aromatic N) is 1. The molecule has 1 aromatic rings. The lowest BCUT2D eigenvalue weighted by atomic mass is 9.73. The lowest BCUT2D eigenvalue weighted by Gasteiger charge is -2.49. The summed E-state index contributed by atoms with van der Waals surface area (Å²) in [5.74, 6) is 1.64. The first-order valence-corrected chi connectivity index (χ1v) is 8.98. The van der Waals surface area contributed by atoms with Crippen molar-refractivity contribution in [2.45, 2.75) is 45.2 Å². The molecule has 2 bridgehead atoms. The first kappa shape index (κ1) is 14.6. The van der Waals surface area contributed by atoms with E-state index in [9.17, 15) is 0 Å². The molecule has 1 N–H and O–H groups in total. The van der Waals surface area contributed by atoms with Crippen LogP contribution in [0.5, 0.6) is 0 Å². The molecule has 2 aliphatic rings. The molecule has 1 aliphatic heterocycles. The van der Waals surface area contributed by atoms with Gasteiger partial charge in [-0.05, 0) is 73.2 Å². The summed E-state index contributed by atoms with van der Waals surface area (Å²) in [6.45, 7) is 7.22. The topological polar surface area (TPSA) is 15.3 Å². The van der Waals surface area contributed by atoms with Crippen molar-refractivity contribution in [2.75, 3.05) is 18.4 Å². The highest BCUT2D eigenvalue weighted by atomic mass is 127. The van der Waals surface area contributed by atoms with E-state index in [-0.39, 0.29) is 0 Å². The first-order chi connectivity index (χ1) is 9.65. The maximum Gasteiger partial charge on any atom is 0.0478 e. The van der Waals surface area contributed by atoms with Gasteiger partial charge in [0.1, 0.15) is 0 Å². The number of rotatable bonds is 3. The number of likely N-dealkylation sites (tertiary alicyclic amines) is 1. The van der Waals surface area contributed by atoms with Gasteiger partial charge in [-0.3, -0.25) is 0 Å². The average Bonchev–Trinajstić information content (AvgIpc) is 2.40. The molecule has 110 valence electrons. The molecule has 0 spiro atoms. The molecular weight excluding hydrogens is 359 g/mol. The van der Waals surface area contributed by atoms with Gasteiger partial charge in [-0.1, -0.05) is 18.6 Å². The summed E-state index contributed by atoms with van der Waals surface area (Å²) in [6.07, 6.45) is 4.20. The van der Waals surface area contributed by atoms with Crippen LogP contribution in [0, 0.1) is 15.4 Å². The van der Waals surface area contributed by atoms with E-state index >= 15 is 0 Å². The molecule has 0 radical (unpaired) electrons. The van der Waals surface area contributed by atoms with Gasteiger partial charge >= 0.3 is 0 Å². The number of para-hydroxylation sites is 1. The molecule has 1 aromatic carbocycles. The number of nitrogens with one attached hydrogen (secondary N) is 1. The maximum atomic E-state index is 3.88. The van der Waals surface area contributed by atoms with E-state index in [0.29, 0.717) is 12.1 Å². The minimum atomic E-state index is 0.676. The molecule has 2 unspecified atom stereocenters. The van der Waals surface area contributed by atoms with E-state index in [0.717, 1.165) is 11.8 Å². The van der Waals surface area contributed by atoms with E-state index < -0.39 is 0 Å². The normalized spacial score (nSPS) is 30.5. The third-order valence-corrected chi connectivity index (χ3v) is 5.97. The Morgan fingerprint density at radius 2 is 1.80 bits per heavy atom. The quantitative estimate of drug-likeness (QED) is 0.786. The summed E-state index contributed by atoms with van der Waals surface area (Å²) >= 11 is 2.44. The van der Waals surface area contributed by atoms with Crippen LogP contribution < -0.4 is 5.32 Å². The zero-order chi connectivity index (χ0) is 14.1. The van der Waals surface area contributed by atoms with Gasteiger partial charge in [0.2, 0.25) is 0 Å². The predicted octanol–water partition coefficient (Wildman–Crippen LogP) is 4.21. The number of anilines is 1. The maximum absolute atomic E-state index is 3.88. The minimum Gasteiger partial charge on any atom is -0.381 e. The summed E-state index contributed by atoms with van der Waals surface area (Å²) in [5.41, 5.74) is 1.33. The number of halogens is 1. The van der Waals surface area contributed by atoms with Crippen molar-refractivity contribution in [3.8, 4) is 0 Å². The highest BCUT2D eigenvalue weighted by Crippen LogP contribution is 2.37. The summed E-state index contributed by atoms with van der Waals surface area (Å²) in [7, 11) is 0. The standard InChI is InChI=1S/C17H25IN2/c1-12(2)20-10-13-6-5-7-14(11-20)17(13)19-16-9-4-3-8-15(16)18/h3-4,8-9,12-14,17,19H,5-7,10-11H2,1-2H3. The fourth-order valence-electron chi connectivity index (χ4n) is 3.89. The molecular formula is C17H25IN2. The van der Waals surface area contributed by atoms with E-state index in [1.54, 1.807) is 0 Å². The summed E-state index contributed by atoms with van der Waals surface area (Å²) in [6, 6.07) is 10.1. The number of fused-ring (bicyclic) bond motifs is 2. The van der Waals surface area contributed by atoms with Crippen LogP contribution in [-0.2, 0) is 0 Å². The van der Waals surface area contributed by atoms with Crippen LogP contribution in [0.4, 0.5) is 5.69 Å². The highest BCUT2D eigenvalue weighted by Gasteiger charge is 2.40. The van der Waals surface area contributed by atoms with Gasteiger partial charge in [0.05, 0.1) is 0 Å². The van der Waals surface area contributed by atoms with E-state index in [1.807, 2.05) is 0 Å². The van der Waals surface area contributed by atoms with Crippen molar-refractivity contribution >= 4 is 28.3 Å². The van der Waals surface area contributed by atoms with Crippen LogP contribution in [0.1, 0.15) is 33.1 Å². The fraction of sp³-hybridized carbons (Fsp3) is 0.647. The van der Waals surface area contributed by atoms with Gasteiger partial charge in [-0.25, -0.2) is 0 Å². The molecule has 3 rings (SSSR count). The largest absolute Gasteiger partial charge is 0.381 e. The SMILES string of the molecule is CC(C)N1CC2CCCC(C1)C2Nc1ccccc1I. The average molecular weight is 384 g/mol. The first-order valence-electron chi connectivity index (χ1n) is 7.90. The van der Waals surface area contributed by atoms with Crippen LogP contribution in [0.2, 0.25) is 0 Å². The molecule has 1 saturated carbocycles. The van der Waals surface area contributed by atoms with Crippen LogP contribution in [0.25, 0.3) is 0 Å². The highest BCUT2D eigenvalue weighted by molar-refractivity contribution is 14.1. The smallest absolute Gasteiger partial charge is 0.0478 e. The zero-order valence-corrected chi connectivity index (χ0v) is 14.6. The van der Waals surface area contributed by atoms with Gasteiger partial charge in [0, 0.05) is 34.4 Å². The molecule has 1 heterocycles. The fourth-order valence-corrected chi connectivity index (χ4v) is 4.43. The van der Waals surface area contributed by atoms with Crippen LogP contribution >= 0.6 is 22.6 Å². The number of benzene rings is 1. The van der Waals surface area contributed by atoms with Crippen LogP contribution in [0.15, 0.2) is 24.3 Å².